The van der Waals surface area contributed by atoms with Crippen molar-refractivity contribution < 1.29 is 4.79 Å². The van der Waals surface area contributed by atoms with Crippen LogP contribution in [-0.2, 0) is 10.7 Å². The standard InChI is InChI=1S/C13H12ClN3OS/c1-10(18)17(13-16-12(7-14)9-19-13)15-8-11-5-3-2-4-6-11/h2-6,8-9H,7H2,1H3/b15-8+. The van der Waals surface area contributed by atoms with Crippen molar-refractivity contribution in [2.75, 3.05) is 5.01 Å². The van der Waals surface area contributed by atoms with Crippen LogP contribution in [0.25, 0.3) is 0 Å². The maximum absolute atomic E-state index is 11.6. The van der Waals surface area contributed by atoms with Gasteiger partial charge in [0, 0.05) is 12.3 Å². The Balaban J connectivity index is 2.21. The van der Waals surface area contributed by atoms with Crippen molar-refractivity contribution in [1.82, 2.24) is 4.98 Å². The third kappa shape index (κ3) is 3.62. The first-order chi connectivity index (χ1) is 9.20. The topological polar surface area (TPSA) is 45.6 Å². The lowest BCUT2D eigenvalue weighted by molar-refractivity contribution is -0.116. The van der Waals surface area contributed by atoms with Crippen molar-refractivity contribution >= 4 is 40.2 Å². The maximum atomic E-state index is 11.6. The minimum Gasteiger partial charge on any atom is -0.273 e. The molecule has 6 heteroatoms. The van der Waals surface area contributed by atoms with E-state index in [9.17, 15) is 4.79 Å². The molecule has 1 aromatic heterocycles. The molecule has 0 aliphatic carbocycles. The summed E-state index contributed by atoms with van der Waals surface area (Å²) in [6, 6.07) is 9.57. The number of carbonyl (C=O) groups excluding carboxylic acids is 1. The van der Waals surface area contributed by atoms with Crippen LogP contribution < -0.4 is 5.01 Å². The largest absolute Gasteiger partial charge is 0.273 e. The molecule has 0 bridgehead atoms. The smallest absolute Gasteiger partial charge is 0.246 e. The number of hydrogen-bond acceptors (Lipinski definition) is 4. The quantitative estimate of drug-likeness (QED) is 0.493. The Morgan fingerprint density at radius 2 is 2.21 bits per heavy atom. The number of hydrogen-bond donors (Lipinski definition) is 0. The van der Waals surface area contributed by atoms with Crippen LogP contribution >= 0.6 is 22.9 Å². The van der Waals surface area contributed by atoms with Crippen molar-refractivity contribution in [2.45, 2.75) is 12.8 Å². The van der Waals surface area contributed by atoms with E-state index in [4.69, 9.17) is 11.6 Å². The number of benzene rings is 1. The predicted molar refractivity (Wildman–Crippen MR) is 78.9 cm³/mol. The molecule has 0 radical (unpaired) electrons. The first kappa shape index (κ1) is 13.7. The maximum Gasteiger partial charge on any atom is 0.246 e. The number of alkyl halides is 1. The van der Waals surface area contributed by atoms with Gasteiger partial charge in [0.1, 0.15) is 0 Å². The van der Waals surface area contributed by atoms with E-state index >= 15 is 0 Å². The van der Waals surface area contributed by atoms with Crippen LogP contribution in [0.2, 0.25) is 0 Å². The van der Waals surface area contributed by atoms with Gasteiger partial charge in [-0.25, -0.2) is 4.98 Å². The highest BCUT2D eigenvalue weighted by atomic mass is 35.5. The van der Waals surface area contributed by atoms with Gasteiger partial charge >= 0.3 is 0 Å². The molecule has 0 aliphatic rings. The average molecular weight is 294 g/mol. The van der Waals surface area contributed by atoms with E-state index < -0.39 is 0 Å². The summed E-state index contributed by atoms with van der Waals surface area (Å²) < 4.78 is 0. The average Bonchev–Trinajstić information content (AvgIpc) is 2.88. The molecule has 2 aromatic rings. The van der Waals surface area contributed by atoms with Gasteiger partial charge in [0.15, 0.2) is 0 Å². The van der Waals surface area contributed by atoms with E-state index in [2.05, 4.69) is 10.1 Å². The van der Waals surface area contributed by atoms with Crippen LogP contribution in [0.3, 0.4) is 0 Å². The number of anilines is 1. The lowest BCUT2D eigenvalue weighted by atomic mass is 10.2. The summed E-state index contributed by atoms with van der Waals surface area (Å²) in [6.45, 7) is 1.45. The van der Waals surface area contributed by atoms with Gasteiger partial charge in [-0.05, 0) is 5.56 Å². The number of hydrazone groups is 1. The van der Waals surface area contributed by atoms with Gasteiger partial charge < -0.3 is 0 Å². The molecule has 1 heterocycles. The van der Waals surface area contributed by atoms with Crippen molar-refractivity contribution in [2.24, 2.45) is 5.10 Å². The SMILES string of the molecule is CC(=O)N(/N=C/c1ccccc1)c1nc(CCl)cs1. The van der Waals surface area contributed by atoms with E-state index in [1.54, 1.807) is 6.21 Å². The molecule has 2 rings (SSSR count). The molecule has 0 N–H and O–H groups in total. The molecule has 0 spiro atoms. The Bertz CT molecular complexity index is 583. The predicted octanol–water partition coefficient (Wildman–Crippen LogP) is 3.27. The molecule has 4 nitrogen and oxygen atoms in total. The van der Waals surface area contributed by atoms with Crippen LogP contribution in [0.4, 0.5) is 5.13 Å². The fraction of sp³-hybridized carbons (Fsp3) is 0.154. The van der Waals surface area contributed by atoms with Crippen molar-refractivity contribution in [3.63, 3.8) is 0 Å². The number of amides is 1. The van der Waals surface area contributed by atoms with Gasteiger partial charge in [-0.1, -0.05) is 30.3 Å². The highest BCUT2D eigenvalue weighted by Crippen LogP contribution is 2.22. The van der Waals surface area contributed by atoms with Crippen LogP contribution in [0, 0.1) is 0 Å². The van der Waals surface area contributed by atoms with Crippen molar-refractivity contribution in [1.29, 1.82) is 0 Å². The number of aromatic nitrogens is 1. The molecule has 0 saturated carbocycles. The Morgan fingerprint density at radius 1 is 1.47 bits per heavy atom. The van der Waals surface area contributed by atoms with E-state index in [0.717, 1.165) is 11.3 Å². The van der Waals surface area contributed by atoms with E-state index in [1.807, 2.05) is 35.7 Å². The Labute approximate surface area is 120 Å². The molecule has 0 saturated heterocycles. The number of rotatable bonds is 4. The van der Waals surface area contributed by atoms with Gasteiger partial charge in [-0.3, -0.25) is 4.79 Å². The first-order valence-corrected chi connectivity index (χ1v) is 7.02. The van der Waals surface area contributed by atoms with Gasteiger partial charge in [0.05, 0.1) is 17.8 Å². The Morgan fingerprint density at radius 3 is 2.79 bits per heavy atom. The summed E-state index contributed by atoms with van der Waals surface area (Å²) >= 11 is 7.04. The third-order valence-corrected chi connectivity index (χ3v) is 3.42. The van der Waals surface area contributed by atoms with E-state index in [0.29, 0.717) is 11.0 Å². The fourth-order valence-electron chi connectivity index (χ4n) is 1.38. The minimum absolute atomic E-state index is 0.192. The minimum atomic E-state index is -0.192. The molecule has 19 heavy (non-hydrogen) atoms. The monoisotopic (exact) mass is 293 g/mol. The Hall–Kier alpha value is -1.72. The molecule has 1 amide bonds. The zero-order valence-electron chi connectivity index (χ0n) is 10.3. The molecular weight excluding hydrogens is 282 g/mol. The molecule has 0 atom stereocenters. The number of carbonyl (C=O) groups is 1. The number of nitrogens with zero attached hydrogens (tertiary/aromatic N) is 3. The second-order valence-corrected chi connectivity index (χ2v) is 4.84. The van der Waals surface area contributed by atoms with Gasteiger partial charge in [0.25, 0.3) is 0 Å². The van der Waals surface area contributed by atoms with Crippen molar-refractivity contribution in [3.8, 4) is 0 Å². The zero-order chi connectivity index (χ0) is 13.7. The molecule has 0 fully saturated rings. The normalized spacial score (nSPS) is 10.8. The molecule has 0 unspecified atom stereocenters. The lowest BCUT2D eigenvalue weighted by Crippen LogP contribution is -2.22. The van der Waals surface area contributed by atoms with Gasteiger partial charge in [-0.15, -0.1) is 22.9 Å². The second-order valence-electron chi connectivity index (χ2n) is 3.74. The lowest BCUT2D eigenvalue weighted by Gasteiger charge is -2.10. The summed E-state index contributed by atoms with van der Waals surface area (Å²) in [7, 11) is 0. The molecular formula is C13H12ClN3OS. The van der Waals surface area contributed by atoms with Gasteiger partial charge in [0.2, 0.25) is 11.0 Å². The molecule has 1 aromatic carbocycles. The van der Waals surface area contributed by atoms with Gasteiger partial charge in [-0.2, -0.15) is 10.1 Å². The molecule has 0 aliphatic heterocycles. The number of thiazole rings is 1. The van der Waals surface area contributed by atoms with Crippen molar-refractivity contribution in [3.05, 3.63) is 47.0 Å². The fourth-order valence-corrected chi connectivity index (χ4v) is 2.44. The van der Waals surface area contributed by atoms with E-state index in [1.165, 1.54) is 23.3 Å². The van der Waals surface area contributed by atoms with Crippen LogP contribution in [-0.4, -0.2) is 17.1 Å². The summed E-state index contributed by atoms with van der Waals surface area (Å²) in [5.74, 6) is 0.132. The number of halogens is 1. The summed E-state index contributed by atoms with van der Waals surface area (Å²) in [6.07, 6.45) is 1.63. The second kappa shape index (κ2) is 6.45. The highest BCUT2D eigenvalue weighted by molar-refractivity contribution is 7.14. The first-order valence-electron chi connectivity index (χ1n) is 5.61. The summed E-state index contributed by atoms with van der Waals surface area (Å²) in [5.41, 5.74) is 1.66. The van der Waals surface area contributed by atoms with E-state index in [-0.39, 0.29) is 5.91 Å². The Kier molecular flexibility index (Phi) is 4.65. The summed E-state index contributed by atoms with van der Waals surface area (Å²) in [4.78, 5) is 15.8. The third-order valence-electron chi connectivity index (χ3n) is 2.28. The van der Waals surface area contributed by atoms with Crippen LogP contribution in [0.5, 0.6) is 0 Å². The molecule has 98 valence electrons. The van der Waals surface area contributed by atoms with Crippen LogP contribution in [0.1, 0.15) is 18.2 Å². The highest BCUT2D eigenvalue weighted by Gasteiger charge is 2.14. The summed E-state index contributed by atoms with van der Waals surface area (Å²) in [5, 5.41) is 7.79. The zero-order valence-corrected chi connectivity index (χ0v) is 11.9. The van der Waals surface area contributed by atoms with Crippen LogP contribution in [0.15, 0.2) is 40.8 Å².